The number of carbonyl (C=O) groups excluding carboxylic acids is 1. The summed E-state index contributed by atoms with van der Waals surface area (Å²) in [5.74, 6) is 0.503. The fourth-order valence-corrected chi connectivity index (χ4v) is 4.40. The third-order valence-corrected chi connectivity index (χ3v) is 5.98. The number of aryl methyl sites for hydroxylation is 1. The van der Waals surface area contributed by atoms with Crippen LogP contribution >= 0.6 is 35.5 Å². The zero-order chi connectivity index (χ0) is 18.5. The zero-order valence-corrected chi connectivity index (χ0v) is 18.2. The topological polar surface area (TPSA) is 36.4 Å². The van der Waals surface area contributed by atoms with Crippen LogP contribution < -0.4 is 4.90 Å². The molecule has 1 amide bonds. The first kappa shape index (κ1) is 21.7. The van der Waals surface area contributed by atoms with Crippen molar-refractivity contribution in [2.45, 2.75) is 11.8 Å². The Morgan fingerprint density at radius 1 is 1.11 bits per heavy atom. The van der Waals surface area contributed by atoms with Crippen molar-refractivity contribution in [3.63, 3.8) is 0 Å². The molecule has 27 heavy (non-hydrogen) atoms. The minimum Gasteiger partial charge on any atom is -0.308 e. The third kappa shape index (κ3) is 5.94. The van der Waals surface area contributed by atoms with Gasteiger partial charge in [0, 0.05) is 18.0 Å². The number of benzene rings is 2. The third-order valence-electron chi connectivity index (χ3n) is 3.94. The van der Waals surface area contributed by atoms with E-state index in [9.17, 15) is 4.79 Å². The molecule has 0 aliphatic carbocycles. The Balaban J connectivity index is 0.00000261. The largest absolute Gasteiger partial charge is 0.308 e. The van der Waals surface area contributed by atoms with Crippen molar-refractivity contribution < 1.29 is 4.79 Å². The average Bonchev–Trinajstić information content (AvgIpc) is 3.03. The predicted octanol–water partition coefficient (Wildman–Crippen LogP) is 4.71. The number of hydrogen-bond acceptors (Lipinski definition) is 5. The lowest BCUT2D eigenvalue weighted by atomic mass is 10.2. The van der Waals surface area contributed by atoms with Gasteiger partial charge in [-0.05, 0) is 50.8 Å². The summed E-state index contributed by atoms with van der Waals surface area (Å²) in [7, 11) is 4.03. The highest BCUT2D eigenvalue weighted by atomic mass is 35.5. The highest BCUT2D eigenvalue weighted by Crippen LogP contribution is 2.30. The number of likely N-dealkylation sites (N-methyl/N-ethyl adjacent to an activating group) is 1. The lowest BCUT2D eigenvalue weighted by Crippen LogP contribution is -2.37. The molecule has 1 heterocycles. The minimum absolute atomic E-state index is 0. The van der Waals surface area contributed by atoms with Gasteiger partial charge in [-0.15, -0.1) is 24.2 Å². The summed E-state index contributed by atoms with van der Waals surface area (Å²) in [4.78, 5) is 22.7. The van der Waals surface area contributed by atoms with Crippen molar-refractivity contribution in [2.24, 2.45) is 0 Å². The van der Waals surface area contributed by atoms with Crippen LogP contribution in [0.25, 0.3) is 10.2 Å². The average molecular weight is 422 g/mol. The van der Waals surface area contributed by atoms with Crippen LogP contribution in [0.1, 0.15) is 5.56 Å². The number of thioether (sulfide) groups is 1. The smallest absolute Gasteiger partial charge is 0.239 e. The molecule has 3 aromatic rings. The Morgan fingerprint density at radius 3 is 2.56 bits per heavy atom. The van der Waals surface area contributed by atoms with E-state index in [2.05, 4.69) is 24.0 Å². The standard InChI is InChI=1S/C20H23N3OS2.ClH/c1-15-9-10-17-18(13-15)26-20(21-17)23(12-11-22(2)3)19(24)14-25-16-7-5-4-6-8-16;/h4-10,13H,11-12,14H2,1-3H3;1H. The van der Waals surface area contributed by atoms with Gasteiger partial charge >= 0.3 is 0 Å². The lowest BCUT2D eigenvalue weighted by molar-refractivity contribution is -0.116. The molecular formula is C20H24ClN3OS2. The summed E-state index contributed by atoms with van der Waals surface area (Å²) in [6, 6.07) is 16.2. The number of aromatic nitrogens is 1. The quantitative estimate of drug-likeness (QED) is 0.517. The number of thiazole rings is 1. The highest BCUT2D eigenvalue weighted by molar-refractivity contribution is 8.00. The van der Waals surface area contributed by atoms with Crippen LogP contribution in [0, 0.1) is 6.92 Å². The number of carbonyl (C=O) groups is 1. The number of amides is 1. The van der Waals surface area contributed by atoms with Crippen LogP contribution in [-0.4, -0.2) is 48.7 Å². The van der Waals surface area contributed by atoms with Gasteiger partial charge in [-0.25, -0.2) is 4.98 Å². The Bertz CT molecular complexity index is 883. The van der Waals surface area contributed by atoms with E-state index in [1.165, 1.54) is 5.56 Å². The lowest BCUT2D eigenvalue weighted by Gasteiger charge is -2.21. The van der Waals surface area contributed by atoms with Gasteiger partial charge in [0.15, 0.2) is 5.13 Å². The van der Waals surface area contributed by atoms with Crippen molar-refractivity contribution in [2.75, 3.05) is 37.8 Å². The van der Waals surface area contributed by atoms with Gasteiger partial charge in [-0.1, -0.05) is 35.6 Å². The molecule has 0 unspecified atom stereocenters. The van der Waals surface area contributed by atoms with E-state index in [4.69, 9.17) is 4.98 Å². The minimum atomic E-state index is 0. The number of fused-ring (bicyclic) bond motifs is 1. The van der Waals surface area contributed by atoms with Gasteiger partial charge in [-0.2, -0.15) is 0 Å². The Morgan fingerprint density at radius 2 is 1.85 bits per heavy atom. The number of hydrogen-bond donors (Lipinski definition) is 0. The van der Waals surface area contributed by atoms with Crippen molar-refractivity contribution in [3.8, 4) is 0 Å². The second-order valence-corrected chi connectivity index (χ2v) is 8.48. The Kier molecular flexibility index (Phi) is 8.10. The summed E-state index contributed by atoms with van der Waals surface area (Å²) in [5, 5.41) is 0.783. The monoisotopic (exact) mass is 421 g/mol. The molecule has 0 atom stereocenters. The zero-order valence-electron chi connectivity index (χ0n) is 15.7. The normalized spacial score (nSPS) is 10.8. The summed E-state index contributed by atoms with van der Waals surface area (Å²) >= 11 is 3.15. The first-order valence-electron chi connectivity index (χ1n) is 8.53. The fraction of sp³-hybridized carbons (Fsp3) is 0.300. The molecule has 3 rings (SSSR count). The second-order valence-electron chi connectivity index (χ2n) is 6.42. The van der Waals surface area contributed by atoms with Gasteiger partial charge in [0.05, 0.1) is 16.0 Å². The van der Waals surface area contributed by atoms with Crippen LogP contribution in [0.2, 0.25) is 0 Å². The second kappa shape index (κ2) is 10.1. The molecule has 0 bridgehead atoms. The summed E-state index contributed by atoms with van der Waals surface area (Å²) in [6.45, 7) is 3.51. The molecule has 144 valence electrons. The highest BCUT2D eigenvalue weighted by Gasteiger charge is 2.20. The molecule has 0 fully saturated rings. The first-order chi connectivity index (χ1) is 12.5. The van der Waals surface area contributed by atoms with E-state index in [0.717, 1.165) is 26.8 Å². The van der Waals surface area contributed by atoms with Crippen LogP contribution in [0.4, 0.5) is 5.13 Å². The van der Waals surface area contributed by atoms with E-state index < -0.39 is 0 Å². The van der Waals surface area contributed by atoms with E-state index in [-0.39, 0.29) is 18.3 Å². The Labute approximate surface area is 175 Å². The van der Waals surface area contributed by atoms with Gasteiger partial charge in [0.1, 0.15) is 0 Å². The first-order valence-corrected chi connectivity index (χ1v) is 10.3. The van der Waals surface area contributed by atoms with Crippen LogP contribution in [0.5, 0.6) is 0 Å². The summed E-state index contributed by atoms with van der Waals surface area (Å²) in [5.41, 5.74) is 2.16. The maximum atomic E-state index is 12.9. The molecule has 0 radical (unpaired) electrons. The van der Waals surface area contributed by atoms with Crippen molar-refractivity contribution in [1.82, 2.24) is 9.88 Å². The number of nitrogens with zero attached hydrogens (tertiary/aromatic N) is 3. The molecule has 0 N–H and O–H groups in total. The fourth-order valence-electron chi connectivity index (χ4n) is 2.50. The molecule has 2 aromatic carbocycles. The van der Waals surface area contributed by atoms with Crippen molar-refractivity contribution >= 4 is 56.8 Å². The maximum absolute atomic E-state index is 12.9. The molecule has 0 saturated heterocycles. The number of rotatable bonds is 7. The number of anilines is 1. The van der Waals surface area contributed by atoms with Crippen molar-refractivity contribution in [1.29, 1.82) is 0 Å². The predicted molar refractivity (Wildman–Crippen MR) is 120 cm³/mol. The molecule has 1 aromatic heterocycles. The van der Waals surface area contributed by atoms with E-state index >= 15 is 0 Å². The molecule has 4 nitrogen and oxygen atoms in total. The SMILES string of the molecule is Cc1ccc2nc(N(CCN(C)C)C(=O)CSc3ccccc3)sc2c1.Cl. The van der Waals surface area contributed by atoms with Gasteiger partial charge in [-0.3, -0.25) is 9.69 Å². The molecule has 0 aliphatic heterocycles. The van der Waals surface area contributed by atoms with Crippen LogP contribution in [-0.2, 0) is 4.79 Å². The summed E-state index contributed by atoms with van der Waals surface area (Å²) in [6.07, 6.45) is 0. The van der Waals surface area contributed by atoms with E-state index in [1.54, 1.807) is 23.1 Å². The maximum Gasteiger partial charge on any atom is 0.239 e. The van der Waals surface area contributed by atoms with Gasteiger partial charge < -0.3 is 4.90 Å². The molecule has 0 saturated carbocycles. The molecule has 7 heteroatoms. The molecule has 0 spiro atoms. The van der Waals surface area contributed by atoms with Crippen LogP contribution in [0.15, 0.2) is 53.4 Å². The van der Waals surface area contributed by atoms with E-state index in [0.29, 0.717) is 12.3 Å². The van der Waals surface area contributed by atoms with Crippen LogP contribution in [0.3, 0.4) is 0 Å². The van der Waals surface area contributed by atoms with E-state index in [1.807, 2.05) is 55.4 Å². The van der Waals surface area contributed by atoms with Gasteiger partial charge in [0.2, 0.25) is 5.91 Å². The summed E-state index contributed by atoms with van der Waals surface area (Å²) < 4.78 is 1.12. The van der Waals surface area contributed by atoms with Crippen molar-refractivity contribution in [3.05, 3.63) is 54.1 Å². The number of halogens is 1. The van der Waals surface area contributed by atoms with Gasteiger partial charge in [0.25, 0.3) is 0 Å². The Hall–Kier alpha value is -1.60. The molecule has 0 aliphatic rings. The molecular weight excluding hydrogens is 398 g/mol.